The standard InChI is InChI=1S/C13H26O2/c1-4-6-9-15-12-7-8-13(3,14)11(5-2)10-12/h11-12,14H,4-10H2,1-3H3/t11-,12+,13-/m0/s1. The van der Waals surface area contributed by atoms with Crippen LogP contribution in [0.2, 0.25) is 0 Å². The fraction of sp³-hybridized carbons (Fsp3) is 1.00. The van der Waals surface area contributed by atoms with E-state index in [4.69, 9.17) is 4.74 Å². The van der Waals surface area contributed by atoms with Gasteiger partial charge in [0.15, 0.2) is 0 Å². The van der Waals surface area contributed by atoms with E-state index in [1.54, 1.807) is 0 Å². The second kappa shape index (κ2) is 5.86. The fourth-order valence-corrected chi connectivity index (χ4v) is 2.50. The van der Waals surface area contributed by atoms with Gasteiger partial charge in [-0.05, 0) is 38.5 Å². The molecule has 0 radical (unpaired) electrons. The molecule has 0 spiro atoms. The summed E-state index contributed by atoms with van der Waals surface area (Å²) in [7, 11) is 0. The molecule has 15 heavy (non-hydrogen) atoms. The van der Waals surface area contributed by atoms with E-state index < -0.39 is 5.60 Å². The largest absolute Gasteiger partial charge is 0.390 e. The van der Waals surface area contributed by atoms with Crippen molar-refractivity contribution in [3.8, 4) is 0 Å². The smallest absolute Gasteiger partial charge is 0.0649 e. The quantitative estimate of drug-likeness (QED) is 0.712. The molecule has 1 fully saturated rings. The van der Waals surface area contributed by atoms with Crippen molar-refractivity contribution in [2.75, 3.05) is 6.61 Å². The molecule has 0 aromatic rings. The molecule has 0 aromatic heterocycles. The summed E-state index contributed by atoms with van der Waals surface area (Å²) in [6.07, 6.45) is 6.75. The summed E-state index contributed by atoms with van der Waals surface area (Å²) in [5.74, 6) is 0.415. The highest BCUT2D eigenvalue weighted by Crippen LogP contribution is 2.36. The van der Waals surface area contributed by atoms with Gasteiger partial charge >= 0.3 is 0 Å². The molecular weight excluding hydrogens is 188 g/mol. The first-order valence-electron chi connectivity index (χ1n) is 6.44. The minimum absolute atomic E-state index is 0.390. The Hall–Kier alpha value is -0.0800. The zero-order valence-electron chi connectivity index (χ0n) is 10.5. The van der Waals surface area contributed by atoms with E-state index in [0.717, 1.165) is 38.7 Å². The Labute approximate surface area is 94.0 Å². The van der Waals surface area contributed by atoms with E-state index >= 15 is 0 Å². The molecule has 1 rings (SSSR count). The van der Waals surface area contributed by atoms with Crippen LogP contribution >= 0.6 is 0 Å². The van der Waals surface area contributed by atoms with E-state index in [1.807, 2.05) is 6.92 Å². The van der Waals surface area contributed by atoms with E-state index in [2.05, 4.69) is 13.8 Å². The van der Waals surface area contributed by atoms with Crippen LogP contribution in [0.4, 0.5) is 0 Å². The lowest BCUT2D eigenvalue weighted by atomic mass is 9.74. The van der Waals surface area contributed by atoms with Gasteiger partial charge in [0.1, 0.15) is 0 Å². The molecule has 1 aliphatic rings. The number of hydrogen-bond donors (Lipinski definition) is 1. The molecule has 1 saturated carbocycles. The van der Waals surface area contributed by atoms with Gasteiger partial charge in [0.05, 0.1) is 11.7 Å². The van der Waals surface area contributed by atoms with Crippen LogP contribution in [0, 0.1) is 5.92 Å². The lowest BCUT2D eigenvalue weighted by Gasteiger charge is -2.40. The molecule has 0 saturated heterocycles. The maximum absolute atomic E-state index is 10.2. The van der Waals surface area contributed by atoms with Crippen LogP contribution in [-0.2, 0) is 4.74 Å². The number of ether oxygens (including phenoxy) is 1. The fourth-order valence-electron chi connectivity index (χ4n) is 2.50. The van der Waals surface area contributed by atoms with E-state index in [9.17, 15) is 5.11 Å². The zero-order valence-corrected chi connectivity index (χ0v) is 10.5. The van der Waals surface area contributed by atoms with Gasteiger partial charge in [-0.25, -0.2) is 0 Å². The van der Waals surface area contributed by atoms with Crippen molar-refractivity contribution in [1.82, 2.24) is 0 Å². The first kappa shape index (κ1) is 13.0. The second-order valence-electron chi connectivity index (χ2n) is 5.08. The minimum Gasteiger partial charge on any atom is -0.390 e. The van der Waals surface area contributed by atoms with Crippen molar-refractivity contribution >= 4 is 0 Å². The molecule has 0 amide bonds. The topological polar surface area (TPSA) is 29.5 Å². The normalized spacial score (nSPS) is 36.8. The van der Waals surface area contributed by atoms with Gasteiger partial charge in [-0.2, -0.15) is 0 Å². The first-order valence-corrected chi connectivity index (χ1v) is 6.44. The van der Waals surface area contributed by atoms with Crippen molar-refractivity contribution in [1.29, 1.82) is 0 Å². The van der Waals surface area contributed by atoms with Crippen LogP contribution < -0.4 is 0 Å². The van der Waals surface area contributed by atoms with Gasteiger partial charge in [-0.15, -0.1) is 0 Å². The molecule has 0 heterocycles. The highest BCUT2D eigenvalue weighted by molar-refractivity contribution is 4.89. The molecule has 0 unspecified atom stereocenters. The predicted molar refractivity (Wildman–Crippen MR) is 62.9 cm³/mol. The first-order chi connectivity index (χ1) is 7.10. The lowest BCUT2D eigenvalue weighted by Crippen LogP contribution is -2.42. The van der Waals surface area contributed by atoms with Crippen LogP contribution in [0.5, 0.6) is 0 Å². The molecule has 0 aromatic carbocycles. The summed E-state index contributed by atoms with van der Waals surface area (Å²) in [4.78, 5) is 0. The SMILES string of the molecule is CCCCO[C@@H]1CC[C@](C)(O)[C@@H](CC)C1. The summed E-state index contributed by atoms with van der Waals surface area (Å²) >= 11 is 0. The van der Waals surface area contributed by atoms with E-state index in [0.29, 0.717) is 12.0 Å². The Balaban J connectivity index is 2.33. The summed E-state index contributed by atoms with van der Waals surface area (Å²) in [6.45, 7) is 7.21. The molecule has 2 nitrogen and oxygen atoms in total. The maximum atomic E-state index is 10.2. The molecule has 90 valence electrons. The number of unbranched alkanes of at least 4 members (excludes halogenated alkanes) is 1. The third kappa shape index (κ3) is 3.76. The summed E-state index contributed by atoms with van der Waals surface area (Å²) in [5.41, 5.74) is -0.459. The molecule has 1 N–H and O–H groups in total. The van der Waals surface area contributed by atoms with Crippen LogP contribution in [0.1, 0.15) is 59.3 Å². The van der Waals surface area contributed by atoms with Gasteiger partial charge in [0, 0.05) is 6.61 Å². The average molecular weight is 214 g/mol. The minimum atomic E-state index is -0.459. The Morgan fingerprint density at radius 1 is 1.40 bits per heavy atom. The van der Waals surface area contributed by atoms with Crippen LogP contribution in [0.25, 0.3) is 0 Å². The lowest BCUT2D eigenvalue weighted by molar-refractivity contribution is -0.0876. The Morgan fingerprint density at radius 2 is 2.13 bits per heavy atom. The van der Waals surface area contributed by atoms with Crippen LogP contribution in [0.3, 0.4) is 0 Å². The van der Waals surface area contributed by atoms with Crippen LogP contribution in [-0.4, -0.2) is 23.4 Å². The molecular formula is C13H26O2. The maximum Gasteiger partial charge on any atom is 0.0649 e. The molecule has 2 heteroatoms. The van der Waals surface area contributed by atoms with Crippen molar-refractivity contribution in [2.45, 2.75) is 71.0 Å². The van der Waals surface area contributed by atoms with Gasteiger partial charge in [-0.1, -0.05) is 26.7 Å². The summed E-state index contributed by atoms with van der Waals surface area (Å²) < 4.78 is 5.84. The number of hydrogen-bond acceptors (Lipinski definition) is 2. The van der Waals surface area contributed by atoms with Crippen molar-refractivity contribution in [3.05, 3.63) is 0 Å². The third-order valence-corrected chi connectivity index (χ3v) is 3.74. The Kier molecular flexibility index (Phi) is 5.07. The van der Waals surface area contributed by atoms with Crippen molar-refractivity contribution in [3.63, 3.8) is 0 Å². The summed E-state index contributed by atoms with van der Waals surface area (Å²) in [6, 6.07) is 0. The van der Waals surface area contributed by atoms with Crippen molar-refractivity contribution < 1.29 is 9.84 Å². The Bertz CT molecular complexity index is 177. The number of rotatable bonds is 5. The number of aliphatic hydroxyl groups is 1. The van der Waals surface area contributed by atoms with Gasteiger partial charge in [0.2, 0.25) is 0 Å². The third-order valence-electron chi connectivity index (χ3n) is 3.74. The highest BCUT2D eigenvalue weighted by Gasteiger charge is 2.37. The van der Waals surface area contributed by atoms with Gasteiger partial charge in [0.25, 0.3) is 0 Å². The van der Waals surface area contributed by atoms with Crippen LogP contribution in [0.15, 0.2) is 0 Å². The predicted octanol–water partition coefficient (Wildman–Crippen LogP) is 3.13. The second-order valence-corrected chi connectivity index (χ2v) is 5.08. The van der Waals surface area contributed by atoms with E-state index in [-0.39, 0.29) is 0 Å². The molecule has 3 atom stereocenters. The molecule has 0 aliphatic heterocycles. The highest BCUT2D eigenvalue weighted by atomic mass is 16.5. The summed E-state index contributed by atoms with van der Waals surface area (Å²) in [5, 5.41) is 10.2. The van der Waals surface area contributed by atoms with E-state index in [1.165, 1.54) is 6.42 Å². The van der Waals surface area contributed by atoms with Crippen molar-refractivity contribution in [2.24, 2.45) is 5.92 Å². The van der Waals surface area contributed by atoms with Gasteiger partial charge in [-0.3, -0.25) is 0 Å². The molecule has 1 aliphatic carbocycles. The average Bonchev–Trinajstić information content (AvgIpc) is 2.20. The molecule has 0 bridgehead atoms. The Morgan fingerprint density at radius 3 is 2.73 bits per heavy atom. The zero-order chi connectivity index (χ0) is 11.3. The monoisotopic (exact) mass is 214 g/mol. The van der Waals surface area contributed by atoms with Gasteiger partial charge < -0.3 is 9.84 Å².